The van der Waals surface area contributed by atoms with Crippen molar-refractivity contribution in [2.45, 2.75) is 32.7 Å². The number of rotatable bonds is 2. The molecule has 0 aromatic carbocycles. The highest BCUT2D eigenvalue weighted by molar-refractivity contribution is 7.09. The maximum absolute atomic E-state index is 4.61. The first-order valence-corrected chi connectivity index (χ1v) is 5.86. The van der Waals surface area contributed by atoms with Gasteiger partial charge in [-0.05, 0) is 6.07 Å². The largest absolute Gasteiger partial charge is 0.266 e. The Morgan fingerprint density at radius 2 is 2.20 bits per heavy atom. The molecule has 0 radical (unpaired) electrons. The summed E-state index contributed by atoms with van der Waals surface area (Å²) in [4.78, 5) is 4.61. The first kappa shape index (κ1) is 10.4. The van der Waals surface area contributed by atoms with Crippen LogP contribution < -0.4 is 0 Å². The molecular formula is C11H15N3S. The van der Waals surface area contributed by atoms with Crippen LogP contribution in [-0.4, -0.2) is 14.8 Å². The molecule has 0 unspecified atom stereocenters. The van der Waals surface area contributed by atoms with Gasteiger partial charge in [-0.1, -0.05) is 20.8 Å². The molecule has 0 aliphatic carbocycles. The van der Waals surface area contributed by atoms with E-state index in [9.17, 15) is 0 Å². The van der Waals surface area contributed by atoms with Gasteiger partial charge in [0.1, 0.15) is 5.01 Å². The van der Waals surface area contributed by atoms with Gasteiger partial charge in [0.2, 0.25) is 0 Å². The Balaban J connectivity index is 2.15. The summed E-state index contributed by atoms with van der Waals surface area (Å²) in [6.45, 7) is 7.31. The molecule has 0 saturated carbocycles. The van der Waals surface area contributed by atoms with Gasteiger partial charge in [-0.25, -0.2) is 4.98 Å². The summed E-state index contributed by atoms with van der Waals surface area (Å²) in [7, 11) is 0. The van der Waals surface area contributed by atoms with Crippen molar-refractivity contribution in [3.63, 3.8) is 0 Å². The second kappa shape index (κ2) is 3.77. The van der Waals surface area contributed by atoms with E-state index in [0.717, 1.165) is 17.2 Å². The summed E-state index contributed by atoms with van der Waals surface area (Å²) < 4.78 is 1.89. The molecule has 3 nitrogen and oxygen atoms in total. The Labute approximate surface area is 93.8 Å². The van der Waals surface area contributed by atoms with Crippen LogP contribution in [0.5, 0.6) is 0 Å². The van der Waals surface area contributed by atoms with Crippen LogP contribution in [0.3, 0.4) is 0 Å². The molecule has 0 N–H and O–H groups in total. The molecule has 0 fully saturated rings. The smallest absolute Gasteiger partial charge is 0.114 e. The average Bonchev–Trinajstić information content (AvgIpc) is 2.73. The fourth-order valence-corrected chi connectivity index (χ4v) is 2.27. The lowest BCUT2D eigenvalue weighted by atomic mass is 9.93. The van der Waals surface area contributed by atoms with Gasteiger partial charge in [0.05, 0.1) is 12.2 Å². The van der Waals surface area contributed by atoms with E-state index in [1.165, 1.54) is 0 Å². The van der Waals surface area contributed by atoms with Crippen LogP contribution in [0, 0.1) is 0 Å². The lowest BCUT2D eigenvalue weighted by Gasteiger charge is -2.14. The Hall–Kier alpha value is -1.16. The second-order valence-electron chi connectivity index (χ2n) is 4.58. The van der Waals surface area contributed by atoms with Gasteiger partial charge in [-0.2, -0.15) is 5.10 Å². The van der Waals surface area contributed by atoms with Crippen LogP contribution in [0.4, 0.5) is 0 Å². The number of nitrogens with zero attached hydrogens (tertiary/aromatic N) is 3. The predicted molar refractivity (Wildman–Crippen MR) is 62.1 cm³/mol. The molecule has 80 valence electrons. The van der Waals surface area contributed by atoms with Crippen molar-refractivity contribution in [1.29, 1.82) is 0 Å². The Morgan fingerprint density at radius 3 is 2.73 bits per heavy atom. The van der Waals surface area contributed by atoms with Gasteiger partial charge in [-0.15, -0.1) is 11.3 Å². The first-order valence-electron chi connectivity index (χ1n) is 4.98. The fraction of sp³-hybridized carbons (Fsp3) is 0.455. The quantitative estimate of drug-likeness (QED) is 0.780. The number of thiazole rings is 1. The molecule has 0 spiro atoms. The third-order valence-electron chi connectivity index (χ3n) is 2.18. The molecule has 2 rings (SSSR count). The predicted octanol–water partition coefficient (Wildman–Crippen LogP) is 2.69. The third kappa shape index (κ3) is 2.45. The fourth-order valence-electron chi connectivity index (χ4n) is 1.26. The summed E-state index contributed by atoms with van der Waals surface area (Å²) in [5.41, 5.74) is 1.30. The van der Waals surface area contributed by atoms with Crippen LogP contribution in [-0.2, 0) is 12.0 Å². The maximum atomic E-state index is 4.61. The van der Waals surface area contributed by atoms with E-state index in [1.54, 1.807) is 17.5 Å². The van der Waals surface area contributed by atoms with Crippen molar-refractivity contribution in [3.8, 4) is 0 Å². The van der Waals surface area contributed by atoms with Crippen LogP contribution in [0.1, 0.15) is 31.5 Å². The van der Waals surface area contributed by atoms with Crippen molar-refractivity contribution < 1.29 is 0 Å². The van der Waals surface area contributed by atoms with E-state index in [-0.39, 0.29) is 5.41 Å². The van der Waals surface area contributed by atoms with Crippen molar-refractivity contribution >= 4 is 11.3 Å². The molecule has 15 heavy (non-hydrogen) atoms. The summed E-state index contributed by atoms with van der Waals surface area (Å²) in [6.07, 6.45) is 3.75. The van der Waals surface area contributed by atoms with E-state index in [4.69, 9.17) is 0 Å². The van der Waals surface area contributed by atoms with Crippen molar-refractivity contribution in [2.75, 3.05) is 0 Å². The standard InChI is InChI=1S/C11H15N3S/c1-11(2,3)9-8-15-10(13-9)7-14-6-4-5-12-14/h4-6,8H,7H2,1-3H3. The highest BCUT2D eigenvalue weighted by atomic mass is 32.1. The van der Waals surface area contributed by atoms with Crippen LogP contribution in [0.25, 0.3) is 0 Å². The minimum Gasteiger partial charge on any atom is -0.266 e. The molecule has 2 aromatic heterocycles. The molecule has 0 saturated heterocycles. The number of hydrogen-bond donors (Lipinski definition) is 0. The molecule has 0 aliphatic heterocycles. The summed E-state index contributed by atoms with van der Waals surface area (Å²) in [5, 5.41) is 7.42. The van der Waals surface area contributed by atoms with Gasteiger partial charge >= 0.3 is 0 Å². The van der Waals surface area contributed by atoms with Crippen LogP contribution in [0.15, 0.2) is 23.8 Å². The van der Waals surface area contributed by atoms with Crippen molar-refractivity contribution in [2.24, 2.45) is 0 Å². The number of aromatic nitrogens is 3. The third-order valence-corrected chi connectivity index (χ3v) is 3.01. The lowest BCUT2D eigenvalue weighted by Crippen LogP contribution is -2.11. The number of hydrogen-bond acceptors (Lipinski definition) is 3. The minimum atomic E-state index is 0.138. The Bertz CT molecular complexity index is 423. The summed E-state index contributed by atoms with van der Waals surface area (Å²) in [6, 6.07) is 1.93. The lowest BCUT2D eigenvalue weighted by molar-refractivity contribution is 0.568. The van der Waals surface area contributed by atoms with E-state index in [0.29, 0.717) is 0 Å². The topological polar surface area (TPSA) is 30.7 Å². The zero-order chi connectivity index (χ0) is 10.9. The molecule has 2 aromatic rings. The van der Waals surface area contributed by atoms with Crippen molar-refractivity contribution in [1.82, 2.24) is 14.8 Å². The molecule has 0 amide bonds. The molecule has 0 bridgehead atoms. The molecule has 0 aliphatic rings. The monoisotopic (exact) mass is 221 g/mol. The van der Waals surface area contributed by atoms with Gasteiger partial charge in [-0.3, -0.25) is 4.68 Å². The average molecular weight is 221 g/mol. The highest BCUT2D eigenvalue weighted by Gasteiger charge is 2.17. The normalized spacial score (nSPS) is 11.9. The zero-order valence-corrected chi connectivity index (χ0v) is 10.1. The second-order valence-corrected chi connectivity index (χ2v) is 5.52. The highest BCUT2D eigenvalue weighted by Crippen LogP contribution is 2.24. The molecule has 0 atom stereocenters. The van der Waals surface area contributed by atoms with Gasteiger partial charge in [0.25, 0.3) is 0 Å². The van der Waals surface area contributed by atoms with E-state index >= 15 is 0 Å². The van der Waals surface area contributed by atoms with Gasteiger partial charge in [0.15, 0.2) is 0 Å². The summed E-state index contributed by atoms with van der Waals surface area (Å²) >= 11 is 1.70. The van der Waals surface area contributed by atoms with Crippen LogP contribution >= 0.6 is 11.3 Å². The van der Waals surface area contributed by atoms with E-state index < -0.39 is 0 Å². The molecular weight excluding hydrogens is 206 g/mol. The van der Waals surface area contributed by atoms with Crippen molar-refractivity contribution in [3.05, 3.63) is 34.5 Å². The molecule has 2 heterocycles. The summed E-state index contributed by atoms with van der Waals surface area (Å²) in [5.74, 6) is 0. The SMILES string of the molecule is CC(C)(C)c1csc(Cn2cccn2)n1. The van der Waals surface area contributed by atoms with Gasteiger partial charge in [0, 0.05) is 23.2 Å². The van der Waals surface area contributed by atoms with E-state index in [2.05, 4.69) is 36.2 Å². The molecule has 4 heteroatoms. The first-order chi connectivity index (χ1) is 7.05. The van der Waals surface area contributed by atoms with Gasteiger partial charge < -0.3 is 0 Å². The zero-order valence-electron chi connectivity index (χ0n) is 9.27. The van der Waals surface area contributed by atoms with E-state index in [1.807, 2.05) is 16.9 Å². The van der Waals surface area contributed by atoms with Crippen LogP contribution in [0.2, 0.25) is 0 Å². The minimum absolute atomic E-state index is 0.138. The Morgan fingerprint density at radius 1 is 1.40 bits per heavy atom. The maximum Gasteiger partial charge on any atom is 0.114 e. The Kier molecular flexibility index (Phi) is 2.61.